The van der Waals surface area contributed by atoms with Crippen molar-refractivity contribution in [3.8, 4) is 11.4 Å². The third-order valence-electron chi connectivity index (χ3n) is 5.59. The number of aromatic nitrogens is 1. The van der Waals surface area contributed by atoms with Crippen LogP contribution in [0.15, 0.2) is 53.4 Å². The van der Waals surface area contributed by atoms with Gasteiger partial charge in [-0.1, -0.05) is 23.7 Å². The molecule has 2 aromatic carbocycles. The van der Waals surface area contributed by atoms with Gasteiger partial charge in [0.1, 0.15) is 17.4 Å². The Morgan fingerprint density at radius 2 is 1.89 bits per heavy atom. The van der Waals surface area contributed by atoms with Gasteiger partial charge in [-0.05, 0) is 80.1 Å². The van der Waals surface area contributed by atoms with E-state index in [9.17, 15) is 19.7 Å². The van der Waals surface area contributed by atoms with Crippen molar-refractivity contribution in [3.05, 3.63) is 91.1 Å². The molecule has 180 valence electrons. The Labute approximate surface area is 211 Å². The molecule has 4 rings (SSSR count). The molecule has 0 spiro atoms. The summed E-state index contributed by atoms with van der Waals surface area (Å²) in [7, 11) is 0. The smallest absolute Gasteiger partial charge is 0.293 e. The van der Waals surface area contributed by atoms with Gasteiger partial charge in [0.05, 0.1) is 22.1 Å². The molecule has 0 saturated carbocycles. The second-order valence-electron chi connectivity index (χ2n) is 8.05. The van der Waals surface area contributed by atoms with Crippen LogP contribution in [-0.2, 0) is 4.79 Å². The summed E-state index contributed by atoms with van der Waals surface area (Å²) in [6, 6.07) is 14.0. The number of amides is 2. The van der Waals surface area contributed by atoms with E-state index in [0.717, 1.165) is 34.3 Å². The third-order valence-corrected chi connectivity index (χ3v) is 6.82. The normalized spacial score (nSPS) is 14.7. The number of nitrogens with zero attached hydrogens (tertiary/aromatic N) is 3. The van der Waals surface area contributed by atoms with Crippen molar-refractivity contribution in [2.24, 2.45) is 0 Å². The number of hydrogen-bond donors (Lipinski definition) is 0. The molecule has 0 unspecified atom stereocenters. The largest absolute Gasteiger partial charge is 0.492 e. The Bertz CT molecular complexity index is 1380. The van der Waals surface area contributed by atoms with Gasteiger partial charge in [-0.2, -0.15) is 0 Å². The number of carbonyl (C=O) groups excluding carboxylic acids is 2. The van der Waals surface area contributed by atoms with Crippen LogP contribution in [-0.4, -0.2) is 38.7 Å². The van der Waals surface area contributed by atoms with Gasteiger partial charge in [0.2, 0.25) is 0 Å². The molecule has 1 aliphatic rings. The highest BCUT2D eigenvalue weighted by Crippen LogP contribution is 2.34. The van der Waals surface area contributed by atoms with Crippen LogP contribution in [0.2, 0.25) is 5.02 Å². The Morgan fingerprint density at radius 3 is 2.60 bits per heavy atom. The lowest BCUT2D eigenvalue weighted by Gasteiger charge is -2.13. The minimum absolute atomic E-state index is 0.0569. The van der Waals surface area contributed by atoms with Crippen LogP contribution >= 0.6 is 23.4 Å². The maximum Gasteiger partial charge on any atom is 0.293 e. The van der Waals surface area contributed by atoms with Gasteiger partial charge in [-0.25, -0.2) is 0 Å². The molecule has 0 bridgehead atoms. The molecular weight excluding hydrogens is 490 g/mol. The number of halogens is 1. The average Bonchev–Trinajstić information content (AvgIpc) is 3.23. The van der Waals surface area contributed by atoms with E-state index in [4.69, 9.17) is 16.3 Å². The van der Waals surface area contributed by atoms with E-state index in [1.807, 2.05) is 55.7 Å². The van der Waals surface area contributed by atoms with E-state index in [-0.39, 0.29) is 35.0 Å². The second kappa shape index (κ2) is 9.97. The lowest BCUT2D eigenvalue weighted by Crippen LogP contribution is -2.32. The molecule has 1 fully saturated rings. The summed E-state index contributed by atoms with van der Waals surface area (Å²) < 4.78 is 7.53. The zero-order chi connectivity index (χ0) is 25.3. The van der Waals surface area contributed by atoms with Crippen molar-refractivity contribution in [1.29, 1.82) is 0 Å². The van der Waals surface area contributed by atoms with E-state index < -0.39 is 4.92 Å². The summed E-state index contributed by atoms with van der Waals surface area (Å²) in [5, 5.41) is 11.0. The molecule has 2 amide bonds. The fourth-order valence-electron chi connectivity index (χ4n) is 3.91. The predicted octanol–water partition coefficient (Wildman–Crippen LogP) is 6.08. The number of imide groups is 1. The molecule has 1 saturated heterocycles. The van der Waals surface area contributed by atoms with Crippen molar-refractivity contribution in [2.45, 2.75) is 20.8 Å². The summed E-state index contributed by atoms with van der Waals surface area (Å²) in [6.07, 6.45) is 1.68. The zero-order valence-electron chi connectivity index (χ0n) is 19.3. The number of carbonyl (C=O) groups is 2. The van der Waals surface area contributed by atoms with Crippen LogP contribution in [0.4, 0.5) is 10.5 Å². The van der Waals surface area contributed by atoms with Crippen molar-refractivity contribution in [1.82, 2.24) is 9.47 Å². The quantitative estimate of drug-likeness (QED) is 0.217. The molecule has 10 heteroatoms. The van der Waals surface area contributed by atoms with Crippen LogP contribution in [0.1, 0.15) is 22.5 Å². The number of ether oxygens (including phenoxy) is 1. The monoisotopic (exact) mass is 511 g/mol. The molecule has 3 aromatic rings. The number of rotatable bonds is 7. The zero-order valence-corrected chi connectivity index (χ0v) is 20.9. The van der Waals surface area contributed by atoms with Gasteiger partial charge < -0.3 is 9.30 Å². The summed E-state index contributed by atoms with van der Waals surface area (Å²) in [5.41, 5.74) is 3.78. The number of hydrogen-bond acceptors (Lipinski definition) is 6. The second-order valence-corrected chi connectivity index (χ2v) is 9.45. The first kappa shape index (κ1) is 24.6. The topological polar surface area (TPSA) is 94.7 Å². The lowest BCUT2D eigenvalue weighted by molar-refractivity contribution is -0.384. The fourth-order valence-corrected chi connectivity index (χ4v) is 4.95. The minimum Gasteiger partial charge on any atom is -0.492 e. The lowest BCUT2D eigenvalue weighted by atomic mass is 10.2. The molecule has 0 radical (unpaired) electrons. The predicted molar refractivity (Wildman–Crippen MR) is 136 cm³/mol. The van der Waals surface area contributed by atoms with Crippen molar-refractivity contribution in [3.63, 3.8) is 0 Å². The van der Waals surface area contributed by atoms with Gasteiger partial charge in [0, 0.05) is 17.5 Å². The summed E-state index contributed by atoms with van der Waals surface area (Å²) in [4.78, 5) is 37.6. The van der Waals surface area contributed by atoms with Crippen LogP contribution < -0.4 is 4.74 Å². The molecule has 2 heterocycles. The molecule has 1 aliphatic heterocycles. The van der Waals surface area contributed by atoms with Crippen LogP contribution in [0, 0.1) is 30.9 Å². The van der Waals surface area contributed by atoms with Gasteiger partial charge in [-0.3, -0.25) is 24.6 Å². The molecule has 0 aliphatic carbocycles. The SMILES string of the molecule is Cc1cccc(OCCN2C(=O)S/C(=C\c3cc(C)n(-c4ccc(Cl)c([N+](=O)[O-])c4)c3C)C2=O)c1. The highest BCUT2D eigenvalue weighted by atomic mass is 35.5. The van der Waals surface area contributed by atoms with Gasteiger partial charge in [0.15, 0.2) is 0 Å². The maximum atomic E-state index is 12.9. The Balaban J connectivity index is 1.53. The van der Waals surface area contributed by atoms with Crippen LogP contribution in [0.25, 0.3) is 11.8 Å². The minimum atomic E-state index is -0.528. The molecule has 8 nitrogen and oxygen atoms in total. The number of aryl methyl sites for hydroxylation is 2. The first-order chi connectivity index (χ1) is 16.7. The van der Waals surface area contributed by atoms with E-state index in [1.54, 1.807) is 12.1 Å². The number of nitro groups is 1. The molecular formula is C25H22ClN3O5S. The summed E-state index contributed by atoms with van der Waals surface area (Å²) >= 11 is 6.83. The van der Waals surface area contributed by atoms with Crippen molar-refractivity contribution < 1.29 is 19.2 Å². The highest BCUT2D eigenvalue weighted by Gasteiger charge is 2.35. The van der Waals surface area contributed by atoms with Crippen molar-refractivity contribution >= 4 is 46.3 Å². The highest BCUT2D eigenvalue weighted by molar-refractivity contribution is 8.18. The van der Waals surface area contributed by atoms with Gasteiger partial charge >= 0.3 is 0 Å². The average molecular weight is 512 g/mol. The first-order valence-electron chi connectivity index (χ1n) is 10.7. The van der Waals surface area contributed by atoms with E-state index >= 15 is 0 Å². The number of nitro benzene ring substituents is 1. The molecule has 0 atom stereocenters. The Hall–Kier alpha value is -3.56. The van der Waals surface area contributed by atoms with Crippen LogP contribution in [0.5, 0.6) is 5.75 Å². The first-order valence-corrected chi connectivity index (χ1v) is 11.9. The molecule has 1 aromatic heterocycles. The fraction of sp³-hybridized carbons (Fsp3) is 0.200. The Kier molecular flexibility index (Phi) is 7.00. The van der Waals surface area contributed by atoms with Gasteiger partial charge in [-0.15, -0.1) is 0 Å². The van der Waals surface area contributed by atoms with E-state index in [0.29, 0.717) is 16.3 Å². The van der Waals surface area contributed by atoms with Gasteiger partial charge in [0.25, 0.3) is 16.8 Å². The number of benzene rings is 2. The molecule has 0 N–H and O–H groups in total. The van der Waals surface area contributed by atoms with E-state index in [2.05, 4.69) is 0 Å². The summed E-state index contributed by atoms with van der Waals surface area (Å²) in [5.74, 6) is 0.308. The summed E-state index contributed by atoms with van der Waals surface area (Å²) in [6.45, 7) is 6.00. The number of thioether (sulfide) groups is 1. The Morgan fingerprint density at radius 1 is 1.11 bits per heavy atom. The third kappa shape index (κ3) is 5.11. The van der Waals surface area contributed by atoms with Crippen LogP contribution in [0.3, 0.4) is 0 Å². The van der Waals surface area contributed by atoms with E-state index in [1.165, 1.54) is 17.0 Å². The van der Waals surface area contributed by atoms with Crippen molar-refractivity contribution in [2.75, 3.05) is 13.2 Å². The maximum absolute atomic E-state index is 12.9. The standard InChI is InChI=1S/C25H22ClN3O5S/c1-15-5-4-6-20(11-15)34-10-9-27-24(30)23(35-25(27)31)13-18-12-16(2)28(17(18)3)19-7-8-21(26)22(14-19)29(32)33/h4-8,11-14H,9-10H2,1-3H3/b23-13-. The molecule has 35 heavy (non-hydrogen) atoms.